The average molecular weight is 295 g/mol. The van der Waals surface area contributed by atoms with Gasteiger partial charge >= 0.3 is 9.05 Å². The van der Waals surface area contributed by atoms with Gasteiger partial charge in [0.2, 0.25) is 0 Å². The molecule has 0 atom stereocenters. The molecule has 0 amide bonds. The van der Waals surface area contributed by atoms with Crippen molar-refractivity contribution >= 4 is 9.05 Å². The fraction of sp³-hybridized carbons (Fsp3) is 0. The zero-order chi connectivity index (χ0) is 4.50. The summed E-state index contributed by atoms with van der Waals surface area (Å²) in [6, 6.07) is 0. The SMILES string of the molecule is O[Si](O)(O)O.[Ag].[Zr]. The Kier molecular flexibility index (Phi) is 13.2. The summed E-state index contributed by atoms with van der Waals surface area (Å²) in [5.41, 5.74) is 0. The summed E-state index contributed by atoms with van der Waals surface area (Å²) in [6.45, 7) is 0. The van der Waals surface area contributed by atoms with Crippen LogP contribution < -0.4 is 0 Å². The molecule has 0 saturated carbocycles. The van der Waals surface area contributed by atoms with E-state index in [1.807, 2.05) is 0 Å². The van der Waals surface area contributed by atoms with E-state index in [9.17, 15) is 0 Å². The van der Waals surface area contributed by atoms with Gasteiger partial charge in [-0.3, -0.25) is 0 Å². The van der Waals surface area contributed by atoms with Crippen molar-refractivity contribution in [2.24, 2.45) is 0 Å². The maximum atomic E-state index is 7.33. The zero-order valence-corrected chi connectivity index (χ0v) is 8.03. The second-order valence-electron chi connectivity index (χ2n) is 0.600. The minimum atomic E-state index is -4.61. The van der Waals surface area contributed by atoms with Crippen LogP contribution in [0.15, 0.2) is 0 Å². The van der Waals surface area contributed by atoms with E-state index in [1.165, 1.54) is 0 Å². The van der Waals surface area contributed by atoms with Gasteiger partial charge < -0.3 is 19.2 Å². The van der Waals surface area contributed by atoms with E-state index < -0.39 is 9.05 Å². The molecule has 7 heavy (non-hydrogen) atoms. The van der Waals surface area contributed by atoms with Crippen molar-refractivity contribution in [3.05, 3.63) is 0 Å². The van der Waals surface area contributed by atoms with Crippen LogP contribution in [0.25, 0.3) is 0 Å². The van der Waals surface area contributed by atoms with Gasteiger partial charge in [-0.15, -0.1) is 0 Å². The van der Waals surface area contributed by atoms with Crippen molar-refractivity contribution in [3.8, 4) is 0 Å². The van der Waals surface area contributed by atoms with Gasteiger partial charge in [-0.05, 0) is 0 Å². The summed E-state index contributed by atoms with van der Waals surface area (Å²) in [6.07, 6.45) is 0. The molecule has 0 saturated heterocycles. The van der Waals surface area contributed by atoms with Crippen molar-refractivity contribution in [1.29, 1.82) is 0 Å². The Morgan fingerprint density at radius 2 is 0.857 bits per heavy atom. The van der Waals surface area contributed by atoms with Crippen molar-refractivity contribution in [2.45, 2.75) is 0 Å². The molecule has 0 rings (SSSR count). The van der Waals surface area contributed by atoms with Crippen LogP contribution in [0, 0.1) is 0 Å². The first kappa shape index (κ1) is 15.9. The fourth-order valence-electron chi connectivity index (χ4n) is 0. The molecule has 0 aliphatic carbocycles. The van der Waals surface area contributed by atoms with E-state index >= 15 is 0 Å². The first-order valence-corrected chi connectivity index (χ1v) is 2.68. The minimum Gasteiger partial charge on any atom is -0.368 e. The zero-order valence-electron chi connectivity index (χ0n) is 3.09. The third-order valence-electron chi connectivity index (χ3n) is 0. The molecule has 0 aromatic carbocycles. The molecule has 0 unspecified atom stereocenters. The topological polar surface area (TPSA) is 80.9 Å². The Morgan fingerprint density at radius 1 is 0.857 bits per heavy atom. The molecule has 0 spiro atoms. The Balaban J connectivity index is -0.0000000800. The van der Waals surface area contributed by atoms with Gasteiger partial charge in [-0.2, -0.15) is 0 Å². The summed E-state index contributed by atoms with van der Waals surface area (Å²) in [4.78, 5) is 29.3. The van der Waals surface area contributed by atoms with Gasteiger partial charge in [-0.25, -0.2) is 0 Å². The monoisotopic (exact) mass is 293 g/mol. The van der Waals surface area contributed by atoms with Gasteiger partial charge in [-0.1, -0.05) is 0 Å². The molecule has 4 nitrogen and oxygen atoms in total. The molecule has 0 fully saturated rings. The van der Waals surface area contributed by atoms with Crippen molar-refractivity contribution in [3.63, 3.8) is 0 Å². The second kappa shape index (κ2) is 5.81. The molecule has 0 aliphatic heterocycles. The van der Waals surface area contributed by atoms with Crippen LogP contribution >= 0.6 is 0 Å². The van der Waals surface area contributed by atoms with Crippen LogP contribution in [-0.4, -0.2) is 28.2 Å². The predicted molar refractivity (Wildman–Crippen MR) is 14.6 cm³/mol. The molecular weight excluding hydrogens is 291 g/mol. The summed E-state index contributed by atoms with van der Waals surface area (Å²) < 4.78 is 0. The van der Waals surface area contributed by atoms with Crippen LogP contribution in [0.5, 0.6) is 0 Å². The van der Waals surface area contributed by atoms with Crippen molar-refractivity contribution in [1.82, 2.24) is 0 Å². The Morgan fingerprint density at radius 3 is 0.857 bits per heavy atom. The third-order valence-corrected chi connectivity index (χ3v) is 0. The Labute approximate surface area is 76.3 Å². The fourth-order valence-corrected chi connectivity index (χ4v) is 0. The maximum Gasteiger partial charge on any atom is 0.668 e. The van der Waals surface area contributed by atoms with Crippen molar-refractivity contribution < 1.29 is 67.8 Å². The van der Waals surface area contributed by atoms with Crippen LogP contribution in [0.1, 0.15) is 0 Å². The first-order valence-electron chi connectivity index (χ1n) is 0.894. The van der Waals surface area contributed by atoms with Gasteiger partial charge in [0.1, 0.15) is 0 Å². The van der Waals surface area contributed by atoms with Gasteiger partial charge in [0.05, 0.1) is 0 Å². The molecule has 1 radical (unpaired) electrons. The van der Waals surface area contributed by atoms with Crippen LogP contribution in [0.2, 0.25) is 0 Å². The van der Waals surface area contributed by atoms with E-state index in [2.05, 4.69) is 0 Å². The van der Waals surface area contributed by atoms with E-state index in [0.29, 0.717) is 0 Å². The van der Waals surface area contributed by atoms with Crippen molar-refractivity contribution in [2.75, 3.05) is 0 Å². The number of hydrogen-bond donors (Lipinski definition) is 4. The molecule has 47 valence electrons. The van der Waals surface area contributed by atoms with Gasteiger partial charge in [0.15, 0.2) is 0 Å². The van der Waals surface area contributed by atoms with Crippen LogP contribution in [-0.2, 0) is 48.6 Å². The summed E-state index contributed by atoms with van der Waals surface area (Å²) >= 11 is 0. The van der Waals surface area contributed by atoms with Crippen LogP contribution in [0.3, 0.4) is 0 Å². The molecule has 0 bridgehead atoms. The Hall–Kier alpha value is 1.68. The molecule has 4 N–H and O–H groups in total. The van der Waals surface area contributed by atoms with Gasteiger partial charge in [0.25, 0.3) is 0 Å². The maximum absolute atomic E-state index is 7.33. The van der Waals surface area contributed by atoms with E-state index in [4.69, 9.17) is 19.2 Å². The largest absolute Gasteiger partial charge is 0.668 e. The summed E-state index contributed by atoms with van der Waals surface area (Å²) in [5, 5.41) is 0. The molecule has 0 aromatic heterocycles. The number of rotatable bonds is 0. The standard InChI is InChI=1S/Ag.H4O4Si.Zr/c;1-5(2,3)4;/h;1-4H;. The smallest absolute Gasteiger partial charge is 0.368 e. The molecule has 0 aromatic rings. The Bertz CT molecular complexity index is 27.2. The molecule has 0 aliphatic rings. The molecule has 0 heterocycles. The first-order chi connectivity index (χ1) is 2.00. The predicted octanol–water partition coefficient (Wildman–Crippen LogP) is -2.61. The summed E-state index contributed by atoms with van der Waals surface area (Å²) in [5.74, 6) is 0. The van der Waals surface area contributed by atoms with E-state index in [1.54, 1.807) is 0 Å². The summed E-state index contributed by atoms with van der Waals surface area (Å²) in [7, 11) is -4.61. The number of hydrogen-bond acceptors (Lipinski definition) is 4. The quantitative estimate of drug-likeness (QED) is 0.369. The molecule has 7 heteroatoms. The molecular formula is H4AgO4SiZr. The van der Waals surface area contributed by atoms with E-state index in [-0.39, 0.29) is 48.6 Å². The minimum absolute atomic E-state index is 0. The normalized spacial score (nSPS) is 8.57. The van der Waals surface area contributed by atoms with E-state index in [0.717, 1.165) is 0 Å². The second-order valence-corrected chi connectivity index (χ2v) is 1.80. The third kappa shape index (κ3) is 87.8. The van der Waals surface area contributed by atoms with Gasteiger partial charge in [0, 0.05) is 48.6 Å². The average Bonchev–Trinajstić information content (AvgIpc) is 0.722. The van der Waals surface area contributed by atoms with Crippen LogP contribution in [0.4, 0.5) is 0 Å².